The Morgan fingerprint density at radius 2 is 2.09 bits per heavy atom. The number of nitrogens with two attached hydrogens (primary N) is 1. The van der Waals surface area contributed by atoms with Gasteiger partial charge in [0.1, 0.15) is 6.61 Å². The first-order chi connectivity index (χ1) is 11.0. The van der Waals surface area contributed by atoms with Gasteiger partial charge in [-0.2, -0.15) is 11.8 Å². The first-order valence-corrected chi connectivity index (χ1v) is 8.49. The normalized spacial score (nSPS) is 23.7. The lowest BCUT2D eigenvalue weighted by molar-refractivity contribution is -0.139. The molecule has 1 aliphatic heterocycles. The minimum absolute atomic E-state index is 0.201. The van der Waals surface area contributed by atoms with E-state index in [1.165, 1.54) is 5.56 Å². The van der Waals surface area contributed by atoms with E-state index in [1.807, 2.05) is 30.3 Å². The Morgan fingerprint density at radius 1 is 1.39 bits per heavy atom. The first-order valence-electron chi connectivity index (χ1n) is 7.34. The summed E-state index contributed by atoms with van der Waals surface area (Å²) in [6.07, 6.45) is -0.555. The predicted molar refractivity (Wildman–Crippen MR) is 87.7 cm³/mol. The Labute approximate surface area is 139 Å². The number of Topliss-reactive ketones (excluding diaryl/α,β-unsaturated/α-hetero) is 1. The molecule has 0 radical (unpaired) electrons. The van der Waals surface area contributed by atoms with Gasteiger partial charge in [0.05, 0.1) is 6.10 Å². The van der Waals surface area contributed by atoms with Crippen LogP contribution in [0.1, 0.15) is 18.9 Å². The summed E-state index contributed by atoms with van der Waals surface area (Å²) in [5, 5.41) is 2.49. The maximum absolute atomic E-state index is 12.1. The summed E-state index contributed by atoms with van der Waals surface area (Å²) in [5.74, 6) is -0.373. The molecule has 0 saturated carbocycles. The summed E-state index contributed by atoms with van der Waals surface area (Å²) >= 11 is 1.61. The van der Waals surface area contributed by atoms with Crippen LogP contribution in [0.4, 0.5) is 0 Å². The van der Waals surface area contributed by atoms with Gasteiger partial charge < -0.3 is 15.8 Å². The van der Waals surface area contributed by atoms with E-state index >= 15 is 0 Å². The van der Waals surface area contributed by atoms with Gasteiger partial charge in [-0.1, -0.05) is 30.3 Å². The van der Waals surface area contributed by atoms with Crippen molar-refractivity contribution in [1.82, 2.24) is 5.32 Å². The van der Waals surface area contributed by atoms with Gasteiger partial charge in [0.2, 0.25) is 11.4 Å². The number of thioether (sulfide) groups is 1. The van der Waals surface area contributed by atoms with E-state index in [4.69, 9.17) is 10.5 Å². The summed E-state index contributed by atoms with van der Waals surface area (Å²) in [6, 6.07) is 9.92. The highest BCUT2D eigenvalue weighted by molar-refractivity contribution is 7.98. The molecule has 124 valence electrons. The van der Waals surface area contributed by atoms with Crippen molar-refractivity contribution in [3.63, 3.8) is 0 Å². The Morgan fingerprint density at radius 3 is 2.65 bits per heavy atom. The Hall–Kier alpha value is -1.86. The second-order valence-corrected chi connectivity index (χ2v) is 6.49. The Kier molecular flexibility index (Phi) is 5.79. The highest BCUT2D eigenvalue weighted by atomic mass is 32.2. The van der Waals surface area contributed by atoms with Crippen molar-refractivity contribution < 1.29 is 19.1 Å². The number of hydrogen-bond donors (Lipinski definition) is 2. The number of hydrogen-bond acceptors (Lipinski definition) is 5. The number of amides is 2. The van der Waals surface area contributed by atoms with Crippen LogP contribution in [0.5, 0.6) is 0 Å². The van der Waals surface area contributed by atoms with E-state index in [2.05, 4.69) is 5.32 Å². The third-order valence-corrected chi connectivity index (χ3v) is 4.85. The molecule has 0 aliphatic carbocycles. The third kappa shape index (κ3) is 3.92. The van der Waals surface area contributed by atoms with Crippen molar-refractivity contribution in [1.29, 1.82) is 0 Å². The zero-order chi connectivity index (χ0) is 16.9. The molecule has 1 fully saturated rings. The molecule has 1 aliphatic rings. The van der Waals surface area contributed by atoms with Crippen LogP contribution < -0.4 is 11.1 Å². The van der Waals surface area contributed by atoms with E-state index in [1.54, 1.807) is 18.7 Å². The lowest BCUT2D eigenvalue weighted by Gasteiger charge is -2.28. The summed E-state index contributed by atoms with van der Waals surface area (Å²) in [6.45, 7) is 1.34. The Bertz CT molecular complexity index is 593. The van der Waals surface area contributed by atoms with Crippen molar-refractivity contribution in [3.8, 4) is 0 Å². The average Bonchev–Trinajstić information content (AvgIpc) is 2.82. The van der Waals surface area contributed by atoms with E-state index in [9.17, 15) is 14.4 Å². The summed E-state index contributed by atoms with van der Waals surface area (Å²) in [5.41, 5.74) is 4.78. The van der Waals surface area contributed by atoms with Crippen LogP contribution >= 0.6 is 11.8 Å². The van der Waals surface area contributed by atoms with E-state index in [0.717, 1.165) is 5.75 Å². The van der Waals surface area contributed by atoms with Crippen molar-refractivity contribution in [3.05, 3.63) is 35.9 Å². The molecule has 2 atom stereocenters. The highest BCUT2D eigenvalue weighted by Crippen LogP contribution is 2.23. The molecule has 0 spiro atoms. The number of nitrogens with one attached hydrogen (secondary N) is 1. The monoisotopic (exact) mass is 336 g/mol. The molecule has 2 unspecified atom stereocenters. The topological polar surface area (TPSA) is 98.5 Å². The molecule has 7 heteroatoms. The molecule has 0 bridgehead atoms. The van der Waals surface area contributed by atoms with Gasteiger partial charge >= 0.3 is 0 Å². The molecule has 1 aromatic carbocycles. The van der Waals surface area contributed by atoms with Crippen LogP contribution in [0.15, 0.2) is 30.3 Å². The van der Waals surface area contributed by atoms with Gasteiger partial charge in [0.25, 0.3) is 5.91 Å². The molecule has 1 heterocycles. The fourth-order valence-corrected chi connectivity index (χ4v) is 3.35. The van der Waals surface area contributed by atoms with Crippen LogP contribution in [0.3, 0.4) is 0 Å². The zero-order valence-electron chi connectivity index (χ0n) is 12.9. The van der Waals surface area contributed by atoms with Crippen molar-refractivity contribution >= 4 is 29.4 Å². The predicted octanol–water partition coefficient (Wildman–Crippen LogP) is 0.638. The van der Waals surface area contributed by atoms with Gasteiger partial charge in [0, 0.05) is 17.9 Å². The zero-order valence-corrected chi connectivity index (χ0v) is 13.7. The van der Waals surface area contributed by atoms with Gasteiger partial charge in [-0.3, -0.25) is 14.4 Å². The first kappa shape index (κ1) is 17.5. The number of carbonyl (C=O) groups excluding carboxylic acids is 3. The van der Waals surface area contributed by atoms with Crippen LogP contribution in [0.2, 0.25) is 0 Å². The molecule has 2 rings (SSSR count). The number of benzene rings is 1. The lowest BCUT2D eigenvalue weighted by atomic mass is 9.89. The Balaban J connectivity index is 1.84. The summed E-state index contributed by atoms with van der Waals surface area (Å²) in [7, 11) is 0. The minimum Gasteiger partial charge on any atom is -0.367 e. The molecule has 1 aromatic rings. The fourth-order valence-electron chi connectivity index (χ4n) is 2.45. The number of primary amides is 1. The quantitative estimate of drug-likeness (QED) is 0.562. The third-order valence-electron chi connectivity index (χ3n) is 3.82. The SMILES string of the molecule is CC1OCC(=O)C1(NC(=O)CCSCc1ccccc1)C(N)=O. The summed E-state index contributed by atoms with van der Waals surface area (Å²) in [4.78, 5) is 35.7. The lowest BCUT2D eigenvalue weighted by Crippen LogP contribution is -2.65. The smallest absolute Gasteiger partial charge is 0.253 e. The largest absolute Gasteiger partial charge is 0.367 e. The van der Waals surface area contributed by atoms with Crippen molar-refractivity contribution in [2.75, 3.05) is 12.4 Å². The van der Waals surface area contributed by atoms with Crippen LogP contribution in [0, 0.1) is 0 Å². The average molecular weight is 336 g/mol. The van der Waals surface area contributed by atoms with Gasteiger partial charge in [-0.25, -0.2) is 0 Å². The molecule has 0 aromatic heterocycles. The number of ketones is 1. The molecule has 6 nitrogen and oxygen atoms in total. The molecule has 3 N–H and O–H groups in total. The van der Waals surface area contributed by atoms with Crippen LogP contribution in [-0.2, 0) is 24.9 Å². The maximum Gasteiger partial charge on any atom is 0.253 e. The number of carbonyl (C=O) groups is 3. The second kappa shape index (κ2) is 7.61. The van der Waals surface area contributed by atoms with Crippen molar-refractivity contribution in [2.24, 2.45) is 5.73 Å². The second-order valence-electron chi connectivity index (χ2n) is 5.39. The standard InChI is InChI=1S/C16H20N2O4S/c1-11-16(15(17)21,13(19)9-22-11)18-14(20)7-8-23-10-12-5-3-2-4-6-12/h2-6,11H,7-10H2,1H3,(H2,17,21)(H,18,20). The molecule has 2 amide bonds. The van der Waals surface area contributed by atoms with Crippen LogP contribution in [-0.4, -0.2) is 41.6 Å². The van der Waals surface area contributed by atoms with Crippen molar-refractivity contribution in [2.45, 2.75) is 30.7 Å². The fraction of sp³-hybridized carbons (Fsp3) is 0.438. The van der Waals surface area contributed by atoms with E-state index < -0.39 is 23.3 Å². The molecular weight excluding hydrogens is 316 g/mol. The van der Waals surface area contributed by atoms with E-state index in [-0.39, 0.29) is 18.9 Å². The molecular formula is C16H20N2O4S. The van der Waals surface area contributed by atoms with Gasteiger partial charge in [-0.05, 0) is 12.5 Å². The van der Waals surface area contributed by atoms with Crippen LogP contribution in [0.25, 0.3) is 0 Å². The number of ether oxygens (including phenoxy) is 1. The van der Waals surface area contributed by atoms with E-state index in [0.29, 0.717) is 5.75 Å². The maximum atomic E-state index is 12.1. The van der Waals surface area contributed by atoms with Gasteiger partial charge in [0.15, 0.2) is 5.78 Å². The number of rotatable bonds is 7. The molecule has 1 saturated heterocycles. The van der Waals surface area contributed by atoms with Gasteiger partial charge in [-0.15, -0.1) is 0 Å². The highest BCUT2D eigenvalue weighted by Gasteiger charge is 2.55. The molecule has 23 heavy (non-hydrogen) atoms. The minimum atomic E-state index is -1.73. The summed E-state index contributed by atoms with van der Waals surface area (Å²) < 4.78 is 5.16.